The molecule has 1 amide bonds. The average molecular weight is 334 g/mol. The van der Waals surface area contributed by atoms with E-state index in [4.69, 9.17) is 4.74 Å². The highest BCUT2D eigenvalue weighted by atomic mass is 19.1. The van der Waals surface area contributed by atoms with Gasteiger partial charge in [0.05, 0.1) is 24.4 Å². The van der Waals surface area contributed by atoms with Crippen molar-refractivity contribution < 1.29 is 23.1 Å². The van der Waals surface area contributed by atoms with Crippen molar-refractivity contribution >= 4 is 23.3 Å². The van der Waals surface area contributed by atoms with Crippen molar-refractivity contribution in [3.63, 3.8) is 0 Å². The van der Waals surface area contributed by atoms with E-state index < -0.39 is 23.5 Å². The molecule has 0 aliphatic rings. The second-order valence-corrected chi connectivity index (χ2v) is 4.82. The topological polar surface area (TPSA) is 67.4 Å². The summed E-state index contributed by atoms with van der Waals surface area (Å²) in [7, 11) is 0. The molecule has 0 atom stereocenters. The molecule has 2 aromatic rings. The minimum absolute atomic E-state index is 0.0964. The van der Waals surface area contributed by atoms with Gasteiger partial charge in [-0.3, -0.25) is 4.79 Å². The summed E-state index contributed by atoms with van der Waals surface area (Å²) in [4.78, 5) is 23.3. The largest absolute Gasteiger partial charge is 0.462 e. The van der Waals surface area contributed by atoms with Crippen LogP contribution in [0.3, 0.4) is 0 Å². The van der Waals surface area contributed by atoms with Gasteiger partial charge in [0.15, 0.2) is 0 Å². The van der Waals surface area contributed by atoms with Crippen molar-refractivity contribution in [1.82, 2.24) is 0 Å². The molecule has 5 nitrogen and oxygen atoms in total. The molecule has 0 unspecified atom stereocenters. The fourth-order valence-electron chi connectivity index (χ4n) is 1.91. The van der Waals surface area contributed by atoms with E-state index in [2.05, 4.69) is 10.6 Å². The summed E-state index contributed by atoms with van der Waals surface area (Å²) < 4.78 is 31.1. The molecule has 0 radical (unpaired) electrons. The van der Waals surface area contributed by atoms with E-state index in [1.54, 1.807) is 31.2 Å². The van der Waals surface area contributed by atoms with Crippen LogP contribution >= 0.6 is 0 Å². The van der Waals surface area contributed by atoms with Gasteiger partial charge >= 0.3 is 5.97 Å². The quantitative estimate of drug-likeness (QED) is 0.796. The van der Waals surface area contributed by atoms with Crippen molar-refractivity contribution in [2.24, 2.45) is 0 Å². The summed E-state index contributed by atoms with van der Waals surface area (Å²) in [5.41, 5.74) is 0.916. The van der Waals surface area contributed by atoms with Crippen LogP contribution in [0.25, 0.3) is 0 Å². The van der Waals surface area contributed by atoms with Gasteiger partial charge in [0.1, 0.15) is 11.6 Å². The van der Waals surface area contributed by atoms with E-state index in [0.717, 1.165) is 12.1 Å². The third-order valence-corrected chi connectivity index (χ3v) is 3.05. The summed E-state index contributed by atoms with van der Waals surface area (Å²) in [6.45, 7) is 1.89. The second kappa shape index (κ2) is 8.05. The van der Waals surface area contributed by atoms with Crippen molar-refractivity contribution in [3.05, 3.63) is 59.7 Å². The molecule has 24 heavy (non-hydrogen) atoms. The van der Waals surface area contributed by atoms with Crippen LogP contribution in [0.2, 0.25) is 0 Å². The summed E-state index contributed by atoms with van der Waals surface area (Å²) in [5.74, 6) is -2.48. The normalized spacial score (nSPS) is 10.1. The first-order chi connectivity index (χ1) is 11.5. The number of hydrogen-bond acceptors (Lipinski definition) is 4. The maximum Gasteiger partial charge on any atom is 0.338 e. The fraction of sp³-hybridized carbons (Fsp3) is 0.176. The van der Waals surface area contributed by atoms with Crippen LogP contribution in [0.5, 0.6) is 0 Å². The van der Waals surface area contributed by atoms with Gasteiger partial charge in [-0.1, -0.05) is 0 Å². The lowest BCUT2D eigenvalue weighted by Gasteiger charge is -2.09. The van der Waals surface area contributed by atoms with E-state index in [0.29, 0.717) is 23.9 Å². The van der Waals surface area contributed by atoms with E-state index >= 15 is 0 Å². The highest BCUT2D eigenvalue weighted by molar-refractivity contribution is 5.94. The number of ether oxygens (including phenoxy) is 1. The van der Waals surface area contributed by atoms with E-state index in [9.17, 15) is 18.4 Å². The molecule has 2 rings (SSSR count). The van der Waals surface area contributed by atoms with Crippen molar-refractivity contribution in [2.45, 2.75) is 6.92 Å². The predicted octanol–water partition coefficient (Wildman–Crippen LogP) is 3.19. The zero-order chi connectivity index (χ0) is 17.5. The molecule has 126 valence electrons. The van der Waals surface area contributed by atoms with Gasteiger partial charge in [-0.05, 0) is 43.3 Å². The third-order valence-electron chi connectivity index (χ3n) is 3.05. The fourth-order valence-corrected chi connectivity index (χ4v) is 1.91. The van der Waals surface area contributed by atoms with Gasteiger partial charge in [-0.15, -0.1) is 0 Å². The molecule has 0 fully saturated rings. The van der Waals surface area contributed by atoms with Crippen molar-refractivity contribution in [2.75, 3.05) is 23.8 Å². The number of hydrogen-bond donors (Lipinski definition) is 2. The molecule has 0 aromatic heterocycles. The number of esters is 1. The van der Waals surface area contributed by atoms with Crippen LogP contribution < -0.4 is 10.6 Å². The van der Waals surface area contributed by atoms with Crippen LogP contribution in [0.1, 0.15) is 17.3 Å². The molecule has 0 heterocycles. The van der Waals surface area contributed by atoms with E-state index in [1.165, 1.54) is 0 Å². The number of carbonyl (C=O) groups excluding carboxylic acids is 2. The minimum atomic E-state index is -0.845. The second-order valence-electron chi connectivity index (χ2n) is 4.82. The Labute approximate surface area is 137 Å². The first-order valence-electron chi connectivity index (χ1n) is 7.25. The lowest BCUT2D eigenvalue weighted by molar-refractivity contribution is -0.114. The zero-order valence-electron chi connectivity index (χ0n) is 12.9. The molecule has 2 aromatic carbocycles. The van der Waals surface area contributed by atoms with Gasteiger partial charge in [-0.2, -0.15) is 0 Å². The molecule has 0 spiro atoms. The number of anilines is 2. The van der Waals surface area contributed by atoms with Crippen LogP contribution in [-0.4, -0.2) is 25.0 Å². The van der Waals surface area contributed by atoms with Crippen molar-refractivity contribution in [3.8, 4) is 0 Å². The summed E-state index contributed by atoms with van der Waals surface area (Å²) in [6.07, 6.45) is 0. The van der Waals surface area contributed by atoms with Crippen molar-refractivity contribution in [1.29, 1.82) is 0 Å². The lowest BCUT2D eigenvalue weighted by Crippen LogP contribution is -2.22. The molecule has 7 heteroatoms. The molecule has 0 aliphatic heterocycles. The van der Waals surface area contributed by atoms with Crippen LogP contribution in [0.4, 0.5) is 20.2 Å². The Kier molecular flexibility index (Phi) is 5.83. The summed E-state index contributed by atoms with van der Waals surface area (Å²) in [6, 6.07) is 9.28. The monoisotopic (exact) mass is 334 g/mol. The predicted molar refractivity (Wildman–Crippen MR) is 85.9 cm³/mol. The van der Waals surface area contributed by atoms with Crippen LogP contribution in [0.15, 0.2) is 42.5 Å². The highest BCUT2D eigenvalue weighted by Crippen LogP contribution is 2.15. The number of rotatable bonds is 6. The maximum atomic E-state index is 13.4. The van der Waals surface area contributed by atoms with Crippen LogP contribution in [0, 0.1) is 11.6 Å². The number of amides is 1. The highest BCUT2D eigenvalue weighted by Gasteiger charge is 2.09. The molecule has 0 bridgehead atoms. The molecule has 0 saturated heterocycles. The Morgan fingerprint density at radius 3 is 2.42 bits per heavy atom. The first kappa shape index (κ1) is 17.4. The number of benzene rings is 2. The third kappa shape index (κ3) is 4.77. The smallest absolute Gasteiger partial charge is 0.338 e. The Balaban J connectivity index is 1.88. The van der Waals surface area contributed by atoms with Gasteiger partial charge in [0, 0.05) is 11.8 Å². The van der Waals surface area contributed by atoms with Crippen LogP contribution in [-0.2, 0) is 9.53 Å². The van der Waals surface area contributed by atoms with Gasteiger partial charge < -0.3 is 15.4 Å². The maximum absolute atomic E-state index is 13.4. The SMILES string of the molecule is CCOC(=O)c1ccc(NCC(=O)Nc2ccc(F)cc2F)cc1. The summed E-state index contributed by atoms with van der Waals surface area (Å²) in [5, 5.41) is 5.17. The molecular weight excluding hydrogens is 318 g/mol. The Bertz CT molecular complexity index is 733. The Morgan fingerprint density at radius 2 is 1.79 bits per heavy atom. The zero-order valence-corrected chi connectivity index (χ0v) is 12.9. The van der Waals surface area contributed by atoms with E-state index in [-0.39, 0.29) is 12.2 Å². The first-order valence-corrected chi connectivity index (χ1v) is 7.25. The Hall–Kier alpha value is -2.96. The average Bonchev–Trinajstić information content (AvgIpc) is 2.56. The molecule has 2 N–H and O–H groups in total. The standard InChI is InChI=1S/C17H16F2N2O3/c1-2-24-17(23)11-3-6-13(7-4-11)20-10-16(22)21-15-8-5-12(18)9-14(15)19/h3-9,20H,2,10H2,1H3,(H,21,22). The van der Waals surface area contributed by atoms with Gasteiger partial charge in [0.25, 0.3) is 0 Å². The molecule has 0 aliphatic carbocycles. The number of halogens is 2. The number of nitrogens with one attached hydrogen (secondary N) is 2. The molecule has 0 saturated carbocycles. The number of carbonyl (C=O) groups is 2. The van der Waals surface area contributed by atoms with Gasteiger partial charge in [-0.25, -0.2) is 13.6 Å². The van der Waals surface area contributed by atoms with Gasteiger partial charge in [0.2, 0.25) is 5.91 Å². The summed E-state index contributed by atoms with van der Waals surface area (Å²) >= 11 is 0. The van der Waals surface area contributed by atoms with E-state index in [1.807, 2.05) is 0 Å². The Morgan fingerprint density at radius 1 is 1.08 bits per heavy atom. The minimum Gasteiger partial charge on any atom is -0.462 e. The molecular formula is C17H16F2N2O3. The lowest BCUT2D eigenvalue weighted by atomic mass is 10.2.